The van der Waals surface area contributed by atoms with Gasteiger partial charge in [0.1, 0.15) is 30.0 Å². The zero-order chi connectivity index (χ0) is 25.7. The quantitative estimate of drug-likeness (QED) is 0.335. The Morgan fingerprint density at radius 3 is 2.64 bits per heavy atom. The van der Waals surface area contributed by atoms with Crippen molar-refractivity contribution < 1.29 is 37.7 Å². The molecular formula is C24H19F3N4O5. The van der Waals surface area contributed by atoms with Crippen LogP contribution in [0.1, 0.15) is 10.5 Å². The Hall–Kier alpha value is -4.29. The summed E-state index contributed by atoms with van der Waals surface area (Å²) in [6.07, 6.45) is -2.95. The maximum Gasteiger partial charge on any atom is 0.573 e. The van der Waals surface area contributed by atoms with Crippen molar-refractivity contribution in [2.24, 2.45) is 0 Å². The maximum atomic E-state index is 12.9. The number of fused-ring (bicyclic) bond motifs is 1. The molecule has 4 aromatic rings. The van der Waals surface area contributed by atoms with Gasteiger partial charge in [-0.15, -0.1) is 13.2 Å². The molecule has 1 unspecified atom stereocenters. The van der Waals surface area contributed by atoms with Gasteiger partial charge < -0.3 is 25.0 Å². The summed E-state index contributed by atoms with van der Waals surface area (Å²) in [5.41, 5.74) is 1.16. The zero-order valence-electron chi connectivity index (χ0n) is 18.4. The number of nitrogens with one attached hydrogen (secondary N) is 1. The number of hydrogen-bond donors (Lipinski definition) is 3. The van der Waals surface area contributed by atoms with Crippen LogP contribution in [0.2, 0.25) is 0 Å². The van der Waals surface area contributed by atoms with E-state index >= 15 is 0 Å². The fourth-order valence-corrected chi connectivity index (χ4v) is 3.22. The highest BCUT2D eigenvalue weighted by molar-refractivity contribution is 6.04. The van der Waals surface area contributed by atoms with Gasteiger partial charge in [-0.25, -0.2) is 4.98 Å². The molecule has 3 heterocycles. The lowest BCUT2D eigenvalue weighted by atomic mass is 10.0. The van der Waals surface area contributed by atoms with Crippen LogP contribution in [0.5, 0.6) is 11.6 Å². The smallest absolute Gasteiger partial charge is 0.475 e. The molecule has 0 radical (unpaired) electrons. The number of benzene rings is 1. The summed E-state index contributed by atoms with van der Waals surface area (Å²) < 4.78 is 47.2. The Morgan fingerprint density at radius 1 is 1.06 bits per heavy atom. The second kappa shape index (κ2) is 10.5. The third-order valence-electron chi connectivity index (χ3n) is 4.81. The van der Waals surface area contributed by atoms with E-state index in [0.717, 1.165) is 0 Å². The van der Waals surface area contributed by atoms with Gasteiger partial charge in [-0.1, -0.05) is 18.2 Å². The fraction of sp³-hybridized carbons (Fsp3) is 0.167. The Bertz CT molecular complexity index is 1380. The molecule has 0 bridgehead atoms. The summed E-state index contributed by atoms with van der Waals surface area (Å²) in [5.74, 6) is -0.703. The first-order valence-electron chi connectivity index (χ1n) is 10.5. The van der Waals surface area contributed by atoms with Crippen LogP contribution < -0.4 is 14.8 Å². The van der Waals surface area contributed by atoms with Gasteiger partial charge in [-0.05, 0) is 35.9 Å². The summed E-state index contributed by atoms with van der Waals surface area (Å²) in [6, 6.07) is 13.1. The summed E-state index contributed by atoms with van der Waals surface area (Å²) >= 11 is 0. The number of nitrogens with zero attached hydrogens (tertiary/aromatic N) is 3. The lowest BCUT2D eigenvalue weighted by Crippen LogP contribution is -2.21. The third kappa shape index (κ3) is 6.23. The number of carbonyl (C=O) groups is 1. The molecule has 0 fully saturated rings. The maximum absolute atomic E-state index is 12.9. The van der Waals surface area contributed by atoms with Crippen molar-refractivity contribution in [1.29, 1.82) is 0 Å². The van der Waals surface area contributed by atoms with E-state index in [9.17, 15) is 23.1 Å². The number of aromatic nitrogens is 3. The summed E-state index contributed by atoms with van der Waals surface area (Å²) in [7, 11) is 0. The Balaban J connectivity index is 1.59. The molecule has 36 heavy (non-hydrogen) atoms. The second-order valence-electron chi connectivity index (χ2n) is 7.49. The van der Waals surface area contributed by atoms with Gasteiger partial charge in [0, 0.05) is 29.4 Å². The molecule has 0 spiro atoms. The van der Waals surface area contributed by atoms with Crippen LogP contribution in [0, 0.1) is 0 Å². The molecular weight excluding hydrogens is 481 g/mol. The topological polar surface area (TPSA) is 127 Å². The Kier molecular flexibility index (Phi) is 7.27. The molecule has 1 atom stereocenters. The van der Waals surface area contributed by atoms with Crippen molar-refractivity contribution in [3.8, 4) is 22.8 Å². The molecule has 12 heteroatoms. The predicted molar refractivity (Wildman–Crippen MR) is 122 cm³/mol. The number of carbonyl (C=O) groups excluding carboxylic acids is 1. The minimum atomic E-state index is -4.84. The molecule has 9 nitrogen and oxygen atoms in total. The van der Waals surface area contributed by atoms with E-state index in [1.165, 1.54) is 48.8 Å². The standard InChI is InChI=1S/C24H19F3N4O5/c25-24(26,27)36-17-4-1-3-14(9-17)18-11-28-10-15-7-8-19(29-22(15)18)23(34)31-20-5-2-6-21(30-20)35-13-16(33)12-32/h1-11,16,32-33H,12-13H2,(H,30,31,34). The first kappa shape index (κ1) is 24.8. The van der Waals surface area contributed by atoms with Gasteiger partial charge in [-0.3, -0.25) is 9.78 Å². The Morgan fingerprint density at radius 2 is 1.86 bits per heavy atom. The van der Waals surface area contributed by atoms with E-state index in [1.807, 2.05) is 0 Å². The molecule has 0 aliphatic carbocycles. The normalized spacial score (nSPS) is 12.2. The highest BCUT2D eigenvalue weighted by Gasteiger charge is 2.31. The molecule has 0 aliphatic heterocycles. The summed E-state index contributed by atoms with van der Waals surface area (Å²) in [4.78, 5) is 25.5. The predicted octanol–water partition coefficient (Wildman–Crippen LogP) is 3.57. The molecule has 1 amide bonds. The number of amides is 1. The first-order valence-corrected chi connectivity index (χ1v) is 10.5. The van der Waals surface area contributed by atoms with Crippen molar-refractivity contribution >= 4 is 22.6 Å². The number of alkyl halides is 3. The lowest BCUT2D eigenvalue weighted by molar-refractivity contribution is -0.274. The number of aliphatic hydroxyl groups is 2. The van der Waals surface area contributed by atoms with E-state index in [4.69, 9.17) is 9.84 Å². The van der Waals surface area contributed by atoms with Crippen molar-refractivity contribution in [2.75, 3.05) is 18.5 Å². The number of hydrogen-bond acceptors (Lipinski definition) is 8. The van der Waals surface area contributed by atoms with E-state index in [2.05, 4.69) is 25.0 Å². The first-order chi connectivity index (χ1) is 17.2. The van der Waals surface area contributed by atoms with Crippen molar-refractivity contribution in [1.82, 2.24) is 15.0 Å². The number of pyridine rings is 3. The lowest BCUT2D eigenvalue weighted by Gasteiger charge is -2.12. The average Bonchev–Trinajstić information content (AvgIpc) is 2.86. The Labute approximate surface area is 202 Å². The van der Waals surface area contributed by atoms with E-state index < -0.39 is 30.7 Å². The van der Waals surface area contributed by atoms with Gasteiger partial charge in [-0.2, -0.15) is 4.98 Å². The van der Waals surface area contributed by atoms with Gasteiger partial charge >= 0.3 is 6.36 Å². The molecule has 4 rings (SSSR count). The monoisotopic (exact) mass is 500 g/mol. The van der Waals surface area contributed by atoms with Crippen LogP contribution in [-0.4, -0.2) is 56.8 Å². The summed E-state index contributed by atoms with van der Waals surface area (Å²) in [5, 5.41) is 21.4. The largest absolute Gasteiger partial charge is 0.573 e. The summed E-state index contributed by atoms with van der Waals surface area (Å²) in [6.45, 7) is -0.652. The van der Waals surface area contributed by atoms with Gasteiger partial charge in [0.2, 0.25) is 5.88 Å². The molecule has 0 aliphatic rings. The molecule has 1 aromatic carbocycles. The highest BCUT2D eigenvalue weighted by atomic mass is 19.4. The highest BCUT2D eigenvalue weighted by Crippen LogP contribution is 2.31. The van der Waals surface area contributed by atoms with E-state index in [-0.39, 0.29) is 24.0 Å². The van der Waals surface area contributed by atoms with Crippen molar-refractivity contribution in [3.05, 3.63) is 72.7 Å². The third-order valence-corrected chi connectivity index (χ3v) is 4.81. The van der Waals surface area contributed by atoms with Crippen LogP contribution in [0.25, 0.3) is 22.0 Å². The average molecular weight is 500 g/mol. The van der Waals surface area contributed by atoms with Crippen LogP contribution in [0.15, 0.2) is 67.0 Å². The van der Waals surface area contributed by atoms with Crippen molar-refractivity contribution in [2.45, 2.75) is 12.5 Å². The van der Waals surface area contributed by atoms with Crippen LogP contribution in [0.3, 0.4) is 0 Å². The van der Waals surface area contributed by atoms with Crippen molar-refractivity contribution in [3.63, 3.8) is 0 Å². The second-order valence-corrected chi connectivity index (χ2v) is 7.49. The van der Waals surface area contributed by atoms with E-state index in [1.54, 1.807) is 18.2 Å². The van der Waals surface area contributed by atoms with E-state index in [0.29, 0.717) is 22.0 Å². The number of rotatable bonds is 8. The molecule has 0 saturated heterocycles. The number of aliphatic hydroxyl groups excluding tert-OH is 2. The van der Waals surface area contributed by atoms with Gasteiger partial charge in [0.15, 0.2) is 0 Å². The fourth-order valence-electron chi connectivity index (χ4n) is 3.22. The molecule has 3 N–H and O–H groups in total. The molecule has 186 valence electrons. The SMILES string of the molecule is O=C(Nc1cccc(OCC(O)CO)n1)c1ccc2cncc(-c3cccc(OC(F)(F)F)c3)c2n1. The zero-order valence-corrected chi connectivity index (χ0v) is 18.4. The number of ether oxygens (including phenoxy) is 2. The van der Waals surface area contributed by atoms with Crippen LogP contribution in [0.4, 0.5) is 19.0 Å². The number of halogens is 3. The molecule has 0 saturated carbocycles. The van der Waals surface area contributed by atoms with Crippen LogP contribution >= 0.6 is 0 Å². The van der Waals surface area contributed by atoms with Crippen LogP contribution in [-0.2, 0) is 0 Å². The van der Waals surface area contributed by atoms with Gasteiger partial charge in [0.25, 0.3) is 5.91 Å². The minimum absolute atomic E-state index is 0.0291. The minimum Gasteiger partial charge on any atom is -0.475 e. The molecule has 3 aromatic heterocycles. The van der Waals surface area contributed by atoms with Gasteiger partial charge in [0.05, 0.1) is 12.1 Å². The number of anilines is 1.